The van der Waals surface area contributed by atoms with E-state index in [9.17, 15) is 0 Å². The highest BCUT2D eigenvalue weighted by atomic mass is 16.5. The van der Waals surface area contributed by atoms with Crippen molar-refractivity contribution in [3.05, 3.63) is 6.07 Å². The molecule has 1 aromatic rings. The molecule has 1 aliphatic rings. The molecular formula is C10H16N4O2. The van der Waals surface area contributed by atoms with Crippen LogP contribution in [0.2, 0.25) is 0 Å². The molecule has 0 aromatic carbocycles. The number of hydrogen-bond acceptors (Lipinski definition) is 6. The van der Waals surface area contributed by atoms with E-state index in [1.807, 2.05) is 0 Å². The normalized spacial score (nSPS) is 20.4. The standard InChI is InChI=1S/C10H16N4O2/c1-15-9-5-8(13-10(11)14-9)12-7-3-2-4-16-6-7/h5,7H,2-4,6H2,1H3,(H3,11,12,13,14). The van der Waals surface area contributed by atoms with Crippen molar-refractivity contribution in [3.63, 3.8) is 0 Å². The van der Waals surface area contributed by atoms with Crippen LogP contribution in [0.4, 0.5) is 11.8 Å². The molecule has 1 unspecified atom stereocenters. The van der Waals surface area contributed by atoms with Gasteiger partial charge in [-0.3, -0.25) is 0 Å². The van der Waals surface area contributed by atoms with Crippen molar-refractivity contribution in [2.24, 2.45) is 0 Å². The van der Waals surface area contributed by atoms with Gasteiger partial charge in [-0.2, -0.15) is 9.97 Å². The van der Waals surface area contributed by atoms with Crippen LogP contribution in [0, 0.1) is 0 Å². The third-order valence-electron chi connectivity index (χ3n) is 2.44. The fraction of sp³-hybridized carbons (Fsp3) is 0.600. The molecule has 0 aliphatic carbocycles. The summed E-state index contributed by atoms with van der Waals surface area (Å²) in [5, 5.41) is 3.26. The molecule has 3 N–H and O–H groups in total. The SMILES string of the molecule is COc1cc(NC2CCCOC2)nc(N)n1. The first-order chi connectivity index (χ1) is 7.78. The highest BCUT2D eigenvalue weighted by Crippen LogP contribution is 2.17. The minimum Gasteiger partial charge on any atom is -0.481 e. The molecule has 0 amide bonds. The van der Waals surface area contributed by atoms with E-state index in [2.05, 4.69) is 15.3 Å². The van der Waals surface area contributed by atoms with E-state index >= 15 is 0 Å². The molecule has 16 heavy (non-hydrogen) atoms. The molecule has 1 saturated heterocycles. The van der Waals surface area contributed by atoms with E-state index < -0.39 is 0 Å². The maximum atomic E-state index is 5.57. The van der Waals surface area contributed by atoms with Crippen LogP contribution in [0.15, 0.2) is 6.07 Å². The van der Waals surface area contributed by atoms with Crippen molar-refractivity contribution < 1.29 is 9.47 Å². The number of ether oxygens (including phenoxy) is 2. The van der Waals surface area contributed by atoms with E-state index in [4.69, 9.17) is 15.2 Å². The number of aromatic nitrogens is 2. The number of nitrogens with two attached hydrogens (primary N) is 1. The van der Waals surface area contributed by atoms with E-state index in [0.29, 0.717) is 18.3 Å². The van der Waals surface area contributed by atoms with Crippen LogP contribution in [0.3, 0.4) is 0 Å². The Morgan fingerprint density at radius 1 is 1.56 bits per heavy atom. The molecule has 6 nitrogen and oxygen atoms in total. The van der Waals surface area contributed by atoms with Gasteiger partial charge < -0.3 is 20.5 Å². The summed E-state index contributed by atoms with van der Waals surface area (Å²) in [5.74, 6) is 1.35. The Morgan fingerprint density at radius 2 is 2.44 bits per heavy atom. The fourth-order valence-corrected chi connectivity index (χ4v) is 1.69. The van der Waals surface area contributed by atoms with Gasteiger partial charge in [0.05, 0.1) is 19.8 Å². The first-order valence-electron chi connectivity index (χ1n) is 5.31. The zero-order valence-corrected chi connectivity index (χ0v) is 9.27. The quantitative estimate of drug-likeness (QED) is 0.784. The number of nitrogen functional groups attached to an aromatic ring is 1. The predicted octanol–water partition coefficient (Wildman–Crippen LogP) is 0.658. The number of anilines is 2. The molecule has 0 saturated carbocycles. The van der Waals surface area contributed by atoms with Crippen molar-refractivity contribution in [1.29, 1.82) is 0 Å². The third kappa shape index (κ3) is 2.73. The van der Waals surface area contributed by atoms with Gasteiger partial charge in [0.15, 0.2) is 0 Å². The van der Waals surface area contributed by atoms with Crippen LogP contribution < -0.4 is 15.8 Å². The van der Waals surface area contributed by atoms with Crippen LogP contribution in [0.1, 0.15) is 12.8 Å². The van der Waals surface area contributed by atoms with Crippen molar-refractivity contribution in [2.45, 2.75) is 18.9 Å². The Hall–Kier alpha value is -1.56. The van der Waals surface area contributed by atoms with Crippen molar-refractivity contribution >= 4 is 11.8 Å². The highest BCUT2D eigenvalue weighted by Gasteiger charge is 2.14. The molecule has 0 radical (unpaired) electrons. The van der Waals surface area contributed by atoms with Crippen LogP contribution >= 0.6 is 0 Å². The lowest BCUT2D eigenvalue weighted by atomic mass is 10.1. The lowest BCUT2D eigenvalue weighted by molar-refractivity contribution is 0.0875. The summed E-state index contributed by atoms with van der Waals surface area (Å²) in [4.78, 5) is 8.01. The Balaban J connectivity index is 2.04. The summed E-state index contributed by atoms with van der Waals surface area (Å²) in [7, 11) is 1.55. The Morgan fingerprint density at radius 3 is 3.12 bits per heavy atom. The van der Waals surface area contributed by atoms with Gasteiger partial charge in [0.1, 0.15) is 5.82 Å². The Kier molecular flexibility index (Phi) is 3.40. The first kappa shape index (κ1) is 10.9. The minimum absolute atomic E-state index is 0.207. The average Bonchev–Trinajstić information content (AvgIpc) is 2.29. The zero-order valence-electron chi connectivity index (χ0n) is 9.27. The second-order valence-electron chi connectivity index (χ2n) is 3.71. The minimum atomic E-state index is 0.207. The van der Waals surface area contributed by atoms with Gasteiger partial charge in [0, 0.05) is 12.7 Å². The van der Waals surface area contributed by atoms with E-state index in [1.165, 1.54) is 0 Å². The summed E-state index contributed by atoms with van der Waals surface area (Å²) < 4.78 is 10.4. The molecule has 2 heterocycles. The van der Waals surface area contributed by atoms with Crippen molar-refractivity contribution in [3.8, 4) is 5.88 Å². The summed E-state index contributed by atoms with van der Waals surface area (Å²) in [6.45, 7) is 1.54. The predicted molar refractivity (Wildman–Crippen MR) is 60.5 cm³/mol. The lowest BCUT2D eigenvalue weighted by Gasteiger charge is -2.23. The van der Waals surface area contributed by atoms with Gasteiger partial charge >= 0.3 is 0 Å². The summed E-state index contributed by atoms with van der Waals surface area (Å²) in [6, 6.07) is 2.01. The number of nitrogens with zero attached hydrogens (tertiary/aromatic N) is 2. The van der Waals surface area contributed by atoms with Gasteiger partial charge in [-0.15, -0.1) is 0 Å². The molecule has 1 aliphatic heterocycles. The topological polar surface area (TPSA) is 82.3 Å². The molecule has 2 rings (SSSR count). The van der Waals surface area contributed by atoms with Gasteiger partial charge in [-0.25, -0.2) is 0 Å². The summed E-state index contributed by atoms with van der Waals surface area (Å²) >= 11 is 0. The molecular weight excluding hydrogens is 208 g/mol. The maximum Gasteiger partial charge on any atom is 0.225 e. The lowest BCUT2D eigenvalue weighted by Crippen LogP contribution is -2.30. The smallest absolute Gasteiger partial charge is 0.225 e. The Bertz CT molecular complexity index is 353. The number of methoxy groups -OCH3 is 1. The zero-order chi connectivity index (χ0) is 11.4. The molecule has 0 bridgehead atoms. The average molecular weight is 224 g/mol. The summed E-state index contributed by atoms with van der Waals surface area (Å²) in [6.07, 6.45) is 2.14. The van der Waals surface area contributed by atoms with Gasteiger partial charge in [-0.05, 0) is 12.8 Å². The van der Waals surface area contributed by atoms with E-state index in [-0.39, 0.29) is 12.0 Å². The van der Waals surface area contributed by atoms with Crippen LogP contribution in [0.5, 0.6) is 5.88 Å². The fourth-order valence-electron chi connectivity index (χ4n) is 1.69. The molecule has 1 aromatic heterocycles. The largest absolute Gasteiger partial charge is 0.481 e. The number of rotatable bonds is 3. The number of nitrogens with one attached hydrogen (secondary N) is 1. The van der Waals surface area contributed by atoms with Crippen molar-refractivity contribution in [1.82, 2.24) is 9.97 Å². The van der Waals surface area contributed by atoms with E-state index in [0.717, 1.165) is 19.4 Å². The van der Waals surface area contributed by atoms with Crippen LogP contribution in [-0.4, -0.2) is 36.3 Å². The summed E-state index contributed by atoms with van der Waals surface area (Å²) in [5.41, 5.74) is 5.57. The first-order valence-corrected chi connectivity index (χ1v) is 5.31. The van der Waals surface area contributed by atoms with Gasteiger partial charge in [0.2, 0.25) is 11.8 Å². The monoisotopic (exact) mass is 224 g/mol. The molecule has 1 atom stereocenters. The third-order valence-corrected chi connectivity index (χ3v) is 2.44. The van der Waals surface area contributed by atoms with Gasteiger partial charge in [-0.1, -0.05) is 0 Å². The molecule has 0 spiro atoms. The maximum absolute atomic E-state index is 5.57. The van der Waals surface area contributed by atoms with Crippen LogP contribution in [0.25, 0.3) is 0 Å². The van der Waals surface area contributed by atoms with Crippen LogP contribution in [-0.2, 0) is 4.74 Å². The molecule has 6 heteroatoms. The molecule has 1 fully saturated rings. The second kappa shape index (κ2) is 4.98. The Labute approximate surface area is 94.2 Å². The van der Waals surface area contributed by atoms with Crippen molar-refractivity contribution in [2.75, 3.05) is 31.4 Å². The number of hydrogen-bond donors (Lipinski definition) is 2. The van der Waals surface area contributed by atoms with E-state index in [1.54, 1.807) is 13.2 Å². The highest BCUT2D eigenvalue weighted by molar-refractivity contribution is 5.43. The second-order valence-corrected chi connectivity index (χ2v) is 3.71. The van der Waals surface area contributed by atoms with Gasteiger partial charge in [0.25, 0.3) is 0 Å². The molecule has 88 valence electrons.